The standard InChI is InChI=1S/C19H20O4/c1-2-17(14-6-4-3-5-7-14)15-8-10-16(11-9-15)23-19(22)13-12-18(20)21/h3-11,17H,2,12-13H2,1H3,(H,20,21). The Balaban J connectivity index is 2.03. The Morgan fingerprint density at radius 2 is 1.57 bits per heavy atom. The third kappa shape index (κ3) is 4.95. The van der Waals surface area contributed by atoms with Crippen LogP contribution in [0.1, 0.15) is 43.2 Å². The SMILES string of the molecule is CCC(c1ccccc1)c1ccc(OC(=O)CCC(=O)O)cc1. The first-order chi connectivity index (χ1) is 11.1. The molecule has 4 nitrogen and oxygen atoms in total. The number of esters is 1. The summed E-state index contributed by atoms with van der Waals surface area (Å²) < 4.78 is 5.14. The van der Waals surface area contributed by atoms with Crippen LogP contribution in [0.4, 0.5) is 0 Å². The van der Waals surface area contributed by atoms with Crippen molar-refractivity contribution >= 4 is 11.9 Å². The average molecular weight is 312 g/mol. The summed E-state index contributed by atoms with van der Waals surface area (Å²) in [4.78, 5) is 22.0. The van der Waals surface area contributed by atoms with Crippen molar-refractivity contribution in [2.24, 2.45) is 0 Å². The van der Waals surface area contributed by atoms with Crippen molar-refractivity contribution in [3.05, 3.63) is 65.7 Å². The minimum Gasteiger partial charge on any atom is -0.481 e. The van der Waals surface area contributed by atoms with E-state index in [1.54, 1.807) is 12.1 Å². The lowest BCUT2D eigenvalue weighted by Gasteiger charge is -2.16. The van der Waals surface area contributed by atoms with Gasteiger partial charge in [-0.3, -0.25) is 9.59 Å². The molecule has 2 rings (SSSR count). The number of carboxylic acids is 1. The molecular weight excluding hydrogens is 292 g/mol. The van der Waals surface area contributed by atoms with Gasteiger partial charge in [0.25, 0.3) is 0 Å². The number of rotatable bonds is 7. The summed E-state index contributed by atoms with van der Waals surface area (Å²) in [5, 5.41) is 8.55. The molecule has 0 aliphatic heterocycles. The second kappa shape index (κ2) is 8.13. The van der Waals surface area contributed by atoms with Crippen molar-refractivity contribution in [3.8, 4) is 5.75 Å². The lowest BCUT2D eigenvalue weighted by Crippen LogP contribution is -2.10. The van der Waals surface area contributed by atoms with Crippen LogP contribution in [0.15, 0.2) is 54.6 Å². The molecule has 0 bridgehead atoms. The molecule has 0 heterocycles. The fourth-order valence-corrected chi connectivity index (χ4v) is 2.51. The van der Waals surface area contributed by atoms with E-state index >= 15 is 0 Å². The highest BCUT2D eigenvalue weighted by Crippen LogP contribution is 2.29. The molecule has 0 aliphatic rings. The van der Waals surface area contributed by atoms with Gasteiger partial charge < -0.3 is 9.84 Å². The van der Waals surface area contributed by atoms with Gasteiger partial charge in [-0.2, -0.15) is 0 Å². The molecule has 0 saturated carbocycles. The van der Waals surface area contributed by atoms with E-state index in [1.165, 1.54) is 5.56 Å². The van der Waals surface area contributed by atoms with Crippen LogP contribution in [-0.4, -0.2) is 17.0 Å². The van der Waals surface area contributed by atoms with Gasteiger partial charge in [0.2, 0.25) is 0 Å². The van der Waals surface area contributed by atoms with Gasteiger partial charge in [0.1, 0.15) is 5.75 Å². The van der Waals surface area contributed by atoms with Crippen molar-refractivity contribution in [2.75, 3.05) is 0 Å². The van der Waals surface area contributed by atoms with Crippen LogP contribution >= 0.6 is 0 Å². The molecule has 0 saturated heterocycles. The van der Waals surface area contributed by atoms with Crippen molar-refractivity contribution in [1.82, 2.24) is 0 Å². The normalized spacial score (nSPS) is 11.7. The first-order valence-electron chi connectivity index (χ1n) is 7.67. The minimum absolute atomic E-state index is 0.126. The van der Waals surface area contributed by atoms with E-state index in [2.05, 4.69) is 19.1 Å². The summed E-state index contributed by atoms with van der Waals surface area (Å²) in [6.07, 6.45) is 0.628. The van der Waals surface area contributed by atoms with E-state index in [0.717, 1.165) is 12.0 Å². The third-order valence-electron chi connectivity index (χ3n) is 3.67. The lowest BCUT2D eigenvalue weighted by atomic mass is 9.89. The highest BCUT2D eigenvalue weighted by atomic mass is 16.5. The summed E-state index contributed by atoms with van der Waals surface area (Å²) >= 11 is 0. The molecule has 0 aliphatic carbocycles. The summed E-state index contributed by atoms with van der Waals surface area (Å²) in [6, 6.07) is 17.6. The number of hydrogen-bond acceptors (Lipinski definition) is 3. The number of carboxylic acid groups (broad SMARTS) is 1. The molecule has 2 aromatic carbocycles. The first-order valence-corrected chi connectivity index (χ1v) is 7.67. The van der Waals surface area contributed by atoms with Crippen LogP contribution in [0.5, 0.6) is 5.75 Å². The van der Waals surface area contributed by atoms with Crippen LogP contribution in [0.2, 0.25) is 0 Å². The fraction of sp³-hybridized carbons (Fsp3) is 0.263. The largest absolute Gasteiger partial charge is 0.481 e. The highest BCUT2D eigenvalue weighted by Gasteiger charge is 2.13. The predicted molar refractivity (Wildman–Crippen MR) is 87.5 cm³/mol. The maximum absolute atomic E-state index is 11.5. The van der Waals surface area contributed by atoms with Gasteiger partial charge in [0, 0.05) is 5.92 Å². The Bertz CT molecular complexity index is 647. The second-order valence-electron chi connectivity index (χ2n) is 5.31. The van der Waals surface area contributed by atoms with Gasteiger partial charge in [-0.05, 0) is 29.7 Å². The number of hydrogen-bond donors (Lipinski definition) is 1. The Morgan fingerprint density at radius 1 is 0.957 bits per heavy atom. The van der Waals surface area contributed by atoms with Gasteiger partial charge in [0.15, 0.2) is 0 Å². The zero-order chi connectivity index (χ0) is 16.7. The second-order valence-corrected chi connectivity index (χ2v) is 5.31. The Labute approximate surface area is 135 Å². The minimum atomic E-state index is -1.01. The average Bonchev–Trinajstić information content (AvgIpc) is 2.56. The molecular formula is C19H20O4. The maximum Gasteiger partial charge on any atom is 0.311 e. The third-order valence-corrected chi connectivity index (χ3v) is 3.67. The highest BCUT2D eigenvalue weighted by molar-refractivity contribution is 5.78. The quantitative estimate of drug-likeness (QED) is 0.620. The van der Waals surface area contributed by atoms with E-state index in [0.29, 0.717) is 11.7 Å². The molecule has 1 N–H and O–H groups in total. The van der Waals surface area contributed by atoms with Gasteiger partial charge in [-0.25, -0.2) is 0 Å². The van der Waals surface area contributed by atoms with Gasteiger partial charge in [-0.1, -0.05) is 49.4 Å². The molecule has 0 spiro atoms. The topological polar surface area (TPSA) is 63.6 Å². The summed E-state index contributed by atoms with van der Waals surface area (Å²) in [6.45, 7) is 2.14. The van der Waals surface area contributed by atoms with Gasteiger partial charge >= 0.3 is 11.9 Å². The zero-order valence-electron chi connectivity index (χ0n) is 13.1. The zero-order valence-corrected chi connectivity index (χ0v) is 13.1. The number of carbonyl (C=O) groups excluding carboxylic acids is 1. The van der Waals surface area contributed by atoms with Crippen molar-refractivity contribution in [3.63, 3.8) is 0 Å². The molecule has 0 radical (unpaired) electrons. The molecule has 1 atom stereocenters. The van der Waals surface area contributed by atoms with Crippen LogP contribution < -0.4 is 4.74 Å². The van der Waals surface area contributed by atoms with Gasteiger partial charge in [0.05, 0.1) is 12.8 Å². The lowest BCUT2D eigenvalue weighted by molar-refractivity contribution is -0.142. The first kappa shape index (κ1) is 16.7. The number of aliphatic carboxylic acids is 1. The molecule has 0 amide bonds. The van der Waals surface area contributed by atoms with Crippen molar-refractivity contribution in [2.45, 2.75) is 32.1 Å². The van der Waals surface area contributed by atoms with Crippen LogP contribution in [0.3, 0.4) is 0 Å². The molecule has 2 aromatic rings. The smallest absolute Gasteiger partial charge is 0.311 e. The molecule has 23 heavy (non-hydrogen) atoms. The van der Waals surface area contributed by atoms with E-state index in [1.807, 2.05) is 30.3 Å². The molecule has 0 aromatic heterocycles. The fourth-order valence-electron chi connectivity index (χ4n) is 2.51. The molecule has 0 fully saturated rings. The number of ether oxygens (including phenoxy) is 1. The number of benzene rings is 2. The van der Waals surface area contributed by atoms with Crippen molar-refractivity contribution < 1.29 is 19.4 Å². The van der Waals surface area contributed by atoms with Gasteiger partial charge in [-0.15, -0.1) is 0 Å². The van der Waals surface area contributed by atoms with Crippen LogP contribution in [0, 0.1) is 0 Å². The maximum atomic E-state index is 11.5. The Morgan fingerprint density at radius 3 is 2.13 bits per heavy atom. The Kier molecular flexibility index (Phi) is 5.92. The van der Waals surface area contributed by atoms with E-state index in [9.17, 15) is 9.59 Å². The molecule has 1 unspecified atom stereocenters. The Hall–Kier alpha value is -2.62. The molecule has 4 heteroatoms. The van der Waals surface area contributed by atoms with E-state index in [4.69, 9.17) is 9.84 Å². The summed E-state index contributed by atoms with van der Waals surface area (Å²) in [7, 11) is 0. The summed E-state index contributed by atoms with van der Waals surface area (Å²) in [5.74, 6) is -0.804. The monoisotopic (exact) mass is 312 g/mol. The van der Waals surface area contributed by atoms with Crippen LogP contribution in [-0.2, 0) is 9.59 Å². The number of carbonyl (C=O) groups is 2. The predicted octanol–water partition coefficient (Wildman–Crippen LogP) is 4.00. The summed E-state index contributed by atoms with van der Waals surface area (Å²) in [5.41, 5.74) is 2.41. The molecule has 120 valence electrons. The van der Waals surface area contributed by atoms with Crippen LogP contribution in [0.25, 0.3) is 0 Å². The van der Waals surface area contributed by atoms with E-state index < -0.39 is 11.9 Å². The van der Waals surface area contributed by atoms with E-state index in [-0.39, 0.29) is 12.8 Å². The van der Waals surface area contributed by atoms with Crippen molar-refractivity contribution in [1.29, 1.82) is 0 Å².